The van der Waals surface area contributed by atoms with Gasteiger partial charge in [-0.25, -0.2) is 0 Å². The second-order valence-corrected chi connectivity index (χ2v) is 10.2. The van der Waals surface area contributed by atoms with Crippen LogP contribution in [-0.2, 0) is 12.8 Å². The summed E-state index contributed by atoms with van der Waals surface area (Å²) in [6, 6.07) is 11.4. The number of nitriles is 1. The van der Waals surface area contributed by atoms with Gasteiger partial charge in [-0.05, 0) is 48.3 Å². The summed E-state index contributed by atoms with van der Waals surface area (Å²) < 4.78 is 5.66. The maximum Gasteiger partial charge on any atom is 0.292 e. The molecule has 2 heterocycles. The van der Waals surface area contributed by atoms with Crippen LogP contribution in [0.4, 0.5) is 10.7 Å². The Morgan fingerprint density at radius 2 is 2.09 bits per heavy atom. The van der Waals surface area contributed by atoms with Crippen LogP contribution in [0.2, 0.25) is 0 Å². The lowest BCUT2D eigenvalue weighted by Crippen LogP contribution is -2.26. The molecule has 0 spiro atoms. The van der Waals surface area contributed by atoms with Crippen molar-refractivity contribution < 1.29 is 14.1 Å². The molecule has 32 heavy (non-hydrogen) atoms. The number of hydrogen-bond donors (Lipinski definition) is 1. The number of nitrogens with zero attached hydrogens (tertiary/aromatic N) is 2. The molecule has 0 bridgehead atoms. The number of amides is 1. The summed E-state index contributed by atoms with van der Waals surface area (Å²) >= 11 is 1.47. The minimum absolute atomic E-state index is 0.0544. The summed E-state index contributed by atoms with van der Waals surface area (Å²) in [5.41, 5.74) is 2.23. The molecule has 0 saturated carbocycles. The van der Waals surface area contributed by atoms with E-state index >= 15 is 0 Å². The van der Waals surface area contributed by atoms with Gasteiger partial charge in [-0.3, -0.25) is 14.9 Å². The number of nitrogens with one attached hydrogen (secondary N) is 1. The number of carbonyl (C=O) groups is 1. The fourth-order valence-electron chi connectivity index (χ4n) is 4.08. The summed E-state index contributed by atoms with van der Waals surface area (Å²) in [5, 5.41) is 24.1. The number of anilines is 1. The second-order valence-electron chi connectivity index (χ2n) is 9.05. The first-order valence-corrected chi connectivity index (χ1v) is 11.2. The Morgan fingerprint density at radius 3 is 2.78 bits per heavy atom. The molecule has 3 aromatic rings. The molecule has 0 aliphatic heterocycles. The summed E-state index contributed by atoms with van der Waals surface area (Å²) in [6.07, 6.45) is 2.77. The van der Waals surface area contributed by atoms with Gasteiger partial charge in [0.05, 0.1) is 10.5 Å². The Kier molecular flexibility index (Phi) is 5.61. The number of hydrogen-bond acceptors (Lipinski definition) is 6. The van der Waals surface area contributed by atoms with Crippen LogP contribution in [0.25, 0.3) is 11.3 Å². The van der Waals surface area contributed by atoms with Gasteiger partial charge in [-0.1, -0.05) is 32.9 Å². The van der Waals surface area contributed by atoms with Crippen LogP contribution in [0.15, 0.2) is 40.8 Å². The van der Waals surface area contributed by atoms with E-state index in [1.165, 1.54) is 34.4 Å². The molecular formula is C24H23N3O4S. The monoisotopic (exact) mass is 449 g/mol. The molecule has 0 fully saturated rings. The number of furan rings is 1. The van der Waals surface area contributed by atoms with Crippen LogP contribution in [0, 0.1) is 32.8 Å². The van der Waals surface area contributed by atoms with Crippen molar-refractivity contribution in [2.24, 2.45) is 11.3 Å². The molecule has 1 aromatic carbocycles. The van der Waals surface area contributed by atoms with E-state index in [0.29, 0.717) is 27.8 Å². The normalized spacial score (nSPS) is 15.6. The summed E-state index contributed by atoms with van der Waals surface area (Å²) in [7, 11) is 0. The van der Waals surface area contributed by atoms with Crippen molar-refractivity contribution in [3.05, 3.63) is 68.3 Å². The van der Waals surface area contributed by atoms with E-state index in [1.807, 2.05) is 0 Å². The van der Waals surface area contributed by atoms with Crippen molar-refractivity contribution >= 4 is 27.9 Å². The molecule has 1 atom stereocenters. The van der Waals surface area contributed by atoms with Crippen LogP contribution in [0.5, 0.6) is 0 Å². The molecule has 2 aromatic heterocycles. The van der Waals surface area contributed by atoms with Gasteiger partial charge < -0.3 is 9.73 Å². The molecule has 1 aliphatic carbocycles. The maximum atomic E-state index is 12.8. The number of rotatable bonds is 4. The Balaban J connectivity index is 1.56. The number of carbonyl (C=O) groups excluding carboxylic acids is 1. The molecule has 164 valence electrons. The van der Waals surface area contributed by atoms with E-state index in [-0.39, 0.29) is 16.9 Å². The van der Waals surface area contributed by atoms with Gasteiger partial charge in [0.2, 0.25) is 0 Å². The lowest BCUT2D eigenvalue weighted by molar-refractivity contribution is -0.384. The molecule has 0 unspecified atom stereocenters. The van der Waals surface area contributed by atoms with Gasteiger partial charge in [-0.15, -0.1) is 11.3 Å². The van der Waals surface area contributed by atoms with Crippen molar-refractivity contribution in [1.82, 2.24) is 0 Å². The first-order chi connectivity index (χ1) is 15.2. The van der Waals surface area contributed by atoms with Crippen LogP contribution in [0.3, 0.4) is 0 Å². The number of non-ortho nitro benzene ring substituents is 1. The number of nitro benzene ring substituents is 1. The Labute approximate surface area is 189 Å². The number of fused-ring (bicyclic) bond motifs is 1. The van der Waals surface area contributed by atoms with Crippen molar-refractivity contribution in [3.8, 4) is 17.4 Å². The zero-order valence-corrected chi connectivity index (χ0v) is 18.9. The number of nitro groups is 1. The topological polar surface area (TPSA) is 109 Å². The van der Waals surface area contributed by atoms with Crippen LogP contribution in [-0.4, -0.2) is 10.8 Å². The first-order valence-electron chi connectivity index (χ1n) is 10.4. The van der Waals surface area contributed by atoms with E-state index < -0.39 is 10.8 Å². The van der Waals surface area contributed by atoms with Crippen LogP contribution < -0.4 is 5.32 Å². The molecule has 0 radical (unpaired) electrons. The fraction of sp³-hybridized carbons (Fsp3) is 0.333. The predicted octanol–water partition coefficient (Wildman–Crippen LogP) is 6.19. The van der Waals surface area contributed by atoms with Gasteiger partial charge in [0.1, 0.15) is 16.8 Å². The highest BCUT2D eigenvalue weighted by atomic mass is 32.1. The maximum absolute atomic E-state index is 12.8. The smallest absolute Gasteiger partial charge is 0.292 e. The van der Waals surface area contributed by atoms with E-state index in [9.17, 15) is 20.2 Å². The molecule has 1 amide bonds. The fourth-order valence-corrected chi connectivity index (χ4v) is 5.36. The van der Waals surface area contributed by atoms with Crippen molar-refractivity contribution in [3.63, 3.8) is 0 Å². The summed E-state index contributed by atoms with van der Waals surface area (Å²) in [5.74, 6) is 0.516. The van der Waals surface area contributed by atoms with Crippen LogP contribution in [0.1, 0.15) is 53.8 Å². The predicted molar refractivity (Wildman–Crippen MR) is 123 cm³/mol. The highest BCUT2D eigenvalue weighted by molar-refractivity contribution is 7.16. The quantitative estimate of drug-likeness (QED) is 0.377. The molecule has 0 saturated heterocycles. The van der Waals surface area contributed by atoms with Gasteiger partial charge in [-0.2, -0.15) is 5.26 Å². The van der Waals surface area contributed by atoms with E-state index in [2.05, 4.69) is 32.2 Å². The largest absolute Gasteiger partial charge is 0.451 e. The van der Waals surface area contributed by atoms with E-state index in [1.54, 1.807) is 18.2 Å². The molecule has 8 heteroatoms. The zero-order chi connectivity index (χ0) is 23.0. The standard InChI is InChI=1S/C24H23N3O4S/c1-24(2,3)15-7-8-17-18(13-25)23(32-21(17)12-15)26-22(28)20-10-9-19(31-20)14-5-4-6-16(11-14)27(29)30/h4-6,9-11,15H,7-8,12H2,1-3H3,(H,26,28)/t15-/m1/s1. The zero-order valence-electron chi connectivity index (χ0n) is 18.1. The van der Waals surface area contributed by atoms with Crippen molar-refractivity contribution in [2.45, 2.75) is 40.0 Å². The first kappa shape index (κ1) is 21.8. The van der Waals surface area contributed by atoms with Gasteiger partial charge in [0.15, 0.2) is 5.76 Å². The average Bonchev–Trinajstić information content (AvgIpc) is 3.37. The number of benzene rings is 1. The third kappa shape index (κ3) is 4.16. The van der Waals surface area contributed by atoms with E-state index in [4.69, 9.17) is 4.42 Å². The highest BCUT2D eigenvalue weighted by Crippen LogP contribution is 2.44. The molecule has 1 aliphatic rings. The lowest BCUT2D eigenvalue weighted by Gasteiger charge is -2.33. The minimum Gasteiger partial charge on any atom is -0.451 e. The average molecular weight is 450 g/mol. The molecule has 1 N–H and O–H groups in total. The van der Waals surface area contributed by atoms with Gasteiger partial charge in [0.25, 0.3) is 11.6 Å². The third-order valence-corrected chi connectivity index (χ3v) is 7.17. The summed E-state index contributed by atoms with van der Waals surface area (Å²) in [4.78, 5) is 24.5. The molecule has 7 nitrogen and oxygen atoms in total. The number of thiophene rings is 1. The van der Waals surface area contributed by atoms with Gasteiger partial charge in [0, 0.05) is 22.6 Å². The SMILES string of the molecule is CC(C)(C)[C@@H]1CCc2c(sc(NC(=O)c3ccc(-c4cccc([N+](=O)[O-])c4)o3)c2C#N)C1. The third-order valence-electron chi connectivity index (χ3n) is 6.00. The second kappa shape index (κ2) is 8.24. The lowest BCUT2D eigenvalue weighted by atomic mass is 9.72. The molecule has 4 rings (SSSR count). The molecular weight excluding hydrogens is 426 g/mol. The van der Waals surface area contributed by atoms with E-state index in [0.717, 1.165) is 24.8 Å². The van der Waals surface area contributed by atoms with Crippen LogP contribution >= 0.6 is 11.3 Å². The van der Waals surface area contributed by atoms with Gasteiger partial charge >= 0.3 is 0 Å². The van der Waals surface area contributed by atoms with Crippen molar-refractivity contribution in [2.75, 3.05) is 5.32 Å². The Morgan fingerprint density at radius 1 is 1.31 bits per heavy atom. The minimum atomic E-state index is -0.480. The van der Waals surface area contributed by atoms with Crippen molar-refractivity contribution in [1.29, 1.82) is 5.26 Å². The summed E-state index contributed by atoms with van der Waals surface area (Å²) in [6.45, 7) is 6.71. The Hall–Kier alpha value is -3.44. The Bertz CT molecular complexity index is 1240. The highest BCUT2D eigenvalue weighted by Gasteiger charge is 2.32.